The lowest BCUT2D eigenvalue weighted by Gasteiger charge is -2.26. The second-order valence-corrected chi connectivity index (χ2v) is 11.6. The molecule has 7 nitrogen and oxygen atoms in total. The average molecular weight is 595 g/mol. The van der Waals surface area contributed by atoms with E-state index in [0.717, 1.165) is 23.5 Å². The highest BCUT2D eigenvalue weighted by atomic mass is 79.9. The van der Waals surface area contributed by atoms with Crippen LogP contribution in [0, 0.1) is 11.6 Å². The predicted molar refractivity (Wildman–Crippen MR) is 131 cm³/mol. The molecule has 0 atom stereocenters. The van der Waals surface area contributed by atoms with E-state index in [1.807, 2.05) is 0 Å². The van der Waals surface area contributed by atoms with Crippen LogP contribution in [0.4, 0.5) is 25.1 Å². The summed E-state index contributed by atoms with van der Waals surface area (Å²) in [7, 11) is -4.80. The first-order valence-corrected chi connectivity index (χ1v) is 13.2. The number of rotatable bonds is 6. The van der Waals surface area contributed by atoms with Gasteiger partial charge in [-0.25, -0.2) is 27.0 Å². The van der Waals surface area contributed by atoms with Gasteiger partial charge in [0.15, 0.2) is 5.82 Å². The summed E-state index contributed by atoms with van der Waals surface area (Å²) in [5.41, 5.74) is 0.603. The maximum absolute atomic E-state index is 15.1. The summed E-state index contributed by atoms with van der Waals surface area (Å²) in [6.07, 6.45) is -1.25. The summed E-state index contributed by atoms with van der Waals surface area (Å²) in [5.74, 6) is -1.92. The third-order valence-electron chi connectivity index (χ3n) is 4.24. The van der Waals surface area contributed by atoms with E-state index in [9.17, 15) is 17.6 Å². The van der Waals surface area contributed by atoms with Crippen LogP contribution < -0.4 is 9.62 Å². The van der Waals surface area contributed by atoms with E-state index in [0.29, 0.717) is 4.47 Å². The lowest BCUT2D eigenvalue weighted by molar-refractivity contribution is 0.0608. The number of ether oxygens (including phenoxy) is 1. The lowest BCUT2D eigenvalue weighted by atomic mass is 10.2. The number of hydrogen-bond acceptors (Lipinski definition) is 7. The van der Waals surface area contributed by atoms with Crippen LogP contribution in [0.15, 0.2) is 50.6 Å². The van der Waals surface area contributed by atoms with E-state index in [2.05, 4.69) is 26.2 Å². The molecule has 0 bridgehead atoms. The fourth-order valence-corrected chi connectivity index (χ4v) is 5.48. The molecule has 0 aliphatic heterocycles. The Morgan fingerprint density at radius 2 is 1.97 bits per heavy atom. The molecule has 1 amide bonds. The van der Waals surface area contributed by atoms with Crippen molar-refractivity contribution >= 4 is 66.5 Å². The smallest absolute Gasteiger partial charge is 0.430 e. The molecule has 2 aromatic carbocycles. The third kappa shape index (κ3) is 5.85. The number of sulfonamides is 1. The molecule has 1 N–H and O–H groups in total. The number of aromatic nitrogens is 1. The van der Waals surface area contributed by atoms with Gasteiger partial charge in [0.05, 0.1) is 16.2 Å². The Balaban J connectivity index is 1.97. The first-order chi connectivity index (χ1) is 15.8. The second-order valence-electron chi connectivity index (χ2n) is 7.91. The van der Waals surface area contributed by atoms with Gasteiger partial charge in [0.1, 0.15) is 22.1 Å². The summed E-state index contributed by atoms with van der Waals surface area (Å²) in [6.45, 7) is 4.62. The summed E-state index contributed by atoms with van der Waals surface area (Å²) < 4.78 is 61.7. The Morgan fingerprint density at radius 1 is 1.26 bits per heavy atom. The molecule has 3 rings (SSSR count). The van der Waals surface area contributed by atoms with Gasteiger partial charge in [-0.05, 0) is 45.0 Å². The molecule has 0 saturated heterocycles. The SMILES string of the molecule is CC(C)(C)OC(=O)N(c1cscn1)S(=O)(=O)c1cc(Cl)c(NCc2c(F)cccc2Br)cc1F. The van der Waals surface area contributed by atoms with Crippen LogP contribution >= 0.6 is 38.9 Å². The highest BCUT2D eigenvalue weighted by Crippen LogP contribution is 2.33. The standard InChI is InChI=1S/C21H19BrClF2N3O4S2/c1-21(2,3)32-20(29)28(19-10-33-11-27-19)34(30,31)18-7-14(23)17(8-16(18)25)26-9-12-13(22)5-4-6-15(12)24/h4-8,10-11,26H,9H2,1-3H3. The molecule has 0 saturated carbocycles. The van der Waals surface area contributed by atoms with Crippen molar-refractivity contribution in [3.8, 4) is 0 Å². The molecule has 0 spiro atoms. The minimum absolute atomic E-state index is 0.0331. The number of benzene rings is 2. The van der Waals surface area contributed by atoms with E-state index in [4.69, 9.17) is 16.3 Å². The van der Waals surface area contributed by atoms with E-state index in [1.165, 1.54) is 23.0 Å². The minimum atomic E-state index is -4.80. The maximum atomic E-state index is 15.1. The quantitative estimate of drug-likeness (QED) is 0.347. The van der Waals surface area contributed by atoms with E-state index >= 15 is 4.39 Å². The van der Waals surface area contributed by atoms with Gasteiger partial charge in [-0.3, -0.25) is 0 Å². The molecule has 1 aromatic heterocycles. The fraction of sp³-hybridized carbons (Fsp3) is 0.238. The van der Waals surface area contributed by atoms with Crippen molar-refractivity contribution in [2.75, 3.05) is 9.62 Å². The molecule has 13 heteroatoms. The minimum Gasteiger partial charge on any atom is -0.443 e. The predicted octanol–water partition coefficient (Wildman–Crippen LogP) is 6.58. The summed E-state index contributed by atoms with van der Waals surface area (Å²) in [4.78, 5) is 15.8. The van der Waals surface area contributed by atoms with Gasteiger partial charge in [0.25, 0.3) is 10.0 Å². The van der Waals surface area contributed by atoms with Gasteiger partial charge < -0.3 is 10.1 Å². The van der Waals surface area contributed by atoms with Crippen LogP contribution in [-0.4, -0.2) is 25.1 Å². The molecular formula is C21H19BrClF2N3O4S2. The number of hydrogen-bond donors (Lipinski definition) is 1. The van der Waals surface area contributed by atoms with Gasteiger partial charge >= 0.3 is 6.09 Å². The highest BCUT2D eigenvalue weighted by Gasteiger charge is 2.38. The molecule has 1 heterocycles. The van der Waals surface area contributed by atoms with Crippen molar-refractivity contribution in [1.82, 2.24) is 4.98 Å². The normalized spacial score (nSPS) is 11.9. The van der Waals surface area contributed by atoms with Crippen LogP contribution in [0.25, 0.3) is 0 Å². The molecule has 34 heavy (non-hydrogen) atoms. The van der Waals surface area contributed by atoms with Gasteiger partial charge in [0, 0.05) is 22.0 Å². The number of nitrogens with zero attached hydrogens (tertiary/aromatic N) is 2. The Hall–Kier alpha value is -2.28. The third-order valence-corrected chi connectivity index (χ3v) is 7.56. The zero-order chi connectivity index (χ0) is 25.3. The van der Waals surface area contributed by atoms with Crippen LogP contribution in [0.5, 0.6) is 0 Å². The molecule has 0 aliphatic carbocycles. The molecule has 182 valence electrons. The lowest BCUT2D eigenvalue weighted by Crippen LogP contribution is -2.41. The van der Waals surface area contributed by atoms with Gasteiger partial charge in [0.2, 0.25) is 0 Å². The van der Waals surface area contributed by atoms with Crippen molar-refractivity contribution in [3.05, 3.63) is 67.9 Å². The first-order valence-electron chi connectivity index (χ1n) is 9.63. The number of halogens is 4. The molecule has 0 aliphatic rings. The van der Waals surface area contributed by atoms with Gasteiger partial charge in [-0.1, -0.05) is 33.6 Å². The van der Waals surface area contributed by atoms with Gasteiger partial charge in [-0.15, -0.1) is 15.6 Å². The van der Waals surface area contributed by atoms with Gasteiger partial charge in [-0.2, -0.15) is 0 Å². The average Bonchev–Trinajstić information content (AvgIpc) is 3.22. The van der Waals surface area contributed by atoms with Crippen LogP contribution in [0.2, 0.25) is 5.02 Å². The Morgan fingerprint density at radius 3 is 2.56 bits per heavy atom. The number of carbonyl (C=O) groups excluding carboxylic acids is 1. The van der Waals surface area contributed by atoms with E-state index in [1.54, 1.807) is 26.8 Å². The number of carbonyl (C=O) groups is 1. The largest absolute Gasteiger partial charge is 0.443 e. The highest BCUT2D eigenvalue weighted by molar-refractivity contribution is 9.10. The fourth-order valence-electron chi connectivity index (χ4n) is 2.77. The number of amides is 1. The Bertz CT molecular complexity index is 1300. The maximum Gasteiger partial charge on any atom is 0.430 e. The number of nitrogens with one attached hydrogen (secondary N) is 1. The van der Waals surface area contributed by atoms with E-state index in [-0.39, 0.29) is 32.9 Å². The molecule has 0 unspecified atom stereocenters. The Kier molecular flexibility index (Phi) is 7.85. The number of anilines is 2. The second kappa shape index (κ2) is 10.1. The zero-order valence-electron chi connectivity index (χ0n) is 18.1. The molecular weight excluding hydrogens is 576 g/mol. The topological polar surface area (TPSA) is 88.6 Å². The molecule has 0 radical (unpaired) electrons. The summed E-state index contributed by atoms with van der Waals surface area (Å²) in [5, 5.41) is 3.94. The molecule has 3 aromatic rings. The Labute approximate surface area is 212 Å². The zero-order valence-corrected chi connectivity index (χ0v) is 22.1. The van der Waals surface area contributed by atoms with Crippen LogP contribution in [0.3, 0.4) is 0 Å². The van der Waals surface area contributed by atoms with Crippen molar-refractivity contribution in [1.29, 1.82) is 0 Å². The van der Waals surface area contributed by atoms with Crippen molar-refractivity contribution in [3.63, 3.8) is 0 Å². The van der Waals surface area contributed by atoms with Crippen LogP contribution in [-0.2, 0) is 21.3 Å². The summed E-state index contributed by atoms with van der Waals surface area (Å²) in [6, 6.07) is 6.16. The van der Waals surface area contributed by atoms with Crippen LogP contribution in [0.1, 0.15) is 26.3 Å². The number of thiazole rings is 1. The van der Waals surface area contributed by atoms with Crippen molar-refractivity contribution in [2.24, 2.45) is 0 Å². The monoisotopic (exact) mass is 593 g/mol. The van der Waals surface area contributed by atoms with Crippen molar-refractivity contribution in [2.45, 2.75) is 37.8 Å². The van der Waals surface area contributed by atoms with Crippen molar-refractivity contribution < 1.29 is 26.7 Å². The molecule has 0 fully saturated rings. The first kappa shape index (κ1) is 26.3. The van der Waals surface area contributed by atoms with E-state index < -0.39 is 38.2 Å². The summed E-state index contributed by atoms with van der Waals surface area (Å²) >= 11 is 10.5.